The van der Waals surface area contributed by atoms with E-state index in [9.17, 15) is 4.79 Å². The summed E-state index contributed by atoms with van der Waals surface area (Å²) in [5.41, 5.74) is 1.62. The fraction of sp³-hybridized carbons (Fsp3) is 0.0909. The van der Waals surface area contributed by atoms with Crippen LogP contribution in [0.5, 0.6) is 0 Å². The van der Waals surface area contributed by atoms with Crippen molar-refractivity contribution in [2.24, 2.45) is 0 Å². The average molecular weight is 234 g/mol. The third-order valence-electron chi connectivity index (χ3n) is 2.19. The molecule has 0 fully saturated rings. The van der Waals surface area contributed by atoms with Gasteiger partial charge in [-0.2, -0.15) is 0 Å². The molecule has 0 amide bonds. The summed E-state index contributed by atoms with van der Waals surface area (Å²) < 4.78 is 2.38. The van der Waals surface area contributed by atoms with Gasteiger partial charge in [0, 0.05) is 18.1 Å². The minimum Gasteiger partial charge on any atom is -0.481 e. The number of hydrogen-bond acceptors (Lipinski definition) is 2. The predicted molar refractivity (Wildman–Crippen MR) is 62.3 cm³/mol. The van der Waals surface area contributed by atoms with Crippen molar-refractivity contribution >= 4 is 18.2 Å². The first-order valence-corrected chi connectivity index (χ1v) is 5.15. The quantitative estimate of drug-likeness (QED) is 0.800. The average Bonchev–Trinajstić information content (AvgIpc) is 2.64. The number of aromatic nitrogens is 2. The van der Waals surface area contributed by atoms with Gasteiger partial charge in [0.2, 0.25) is 0 Å². The van der Waals surface area contributed by atoms with Gasteiger partial charge in [-0.15, -0.1) is 0 Å². The second-order valence-corrected chi connectivity index (χ2v) is 3.76. The summed E-state index contributed by atoms with van der Waals surface area (Å²) >= 11 is 5.09. The first-order valence-electron chi connectivity index (χ1n) is 4.74. The lowest BCUT2D eigenvalue weighted by Gasteiger charge is -2.04. The Morgan fingerprint density at radius 1 is 1.50 bits per heavy atom. The molecule has 2 rings (SSSR count). The lowest BCUT2D eigenvalue weighted by atomic mass is 10.1. The third-order valence-corrected chi connectivity index (χ3v) is 2.51. The van der Waals surface area contributed by atoms with Crippen molar-refractivity contribution < 1.29 is 9.90 Å². The number of benzene rings is 1. The third kappa shape index (κ3) is 2.20. The van der Waals surface area contributed by atoms with Crippen LogP contribution in [-0.4, -0.2) is 20.6 Å². The van der Waals surface area contributed by atoms with Crippen molar-refractivity contribution in [3.63, 3.8) is 0 Å². The smallest absolute Gasteiger partial charge is 0.307 e. The van der Waals surface area contributed by atoms with Crippen molar-refractivity contribution in [2.75, 3.05) is 0 Å². The highest BCUT2D eigenvalue weighted by molar-refractivity contribution is 7.71. The van der Waals surface area contributed by atoms with Gasteiger partial charge in [0.15, 0.2) is 4.77 Å². The van der Waals surface area contributed by atoms with Gasteiger partial charge < -0.3 is 10.1 Å². The molecule has 0 aliphatic carbocycles. The maximum Gasteiger partial charge on any atom is 0.307 e. The normalized spacial score (nSPS) is 10.2. The molecule has 2 aromatic rings. The molecule has 1 aromatic carbocycles. The molecule has 4 nitrogen and oxygen atoms in total. The molecular formula is C11H10N2O2S. The van der Waals surface area contributed by atoms with E-state index in [1.165, 1.54) is 0 Å². The number of aromatic amines is 1. The van der Waals surface area contributed by atoms with Gasteiger partial charge in [-0.25, -0.2) is 0 Å². The van der Waals surface area contributed by atoms with Crippen molar-refractivity contribution in [2.45, 2.75) is 6.42 Å². The predicted octanol–water partition coefficient (Wildman–Crippen LogP) is 2.16. The van der Waals surface area contributed by atoms with Gasteiger partial charge in [-0.1, -0.05) is 12.1 Å². The van der Waals surface area contributed by atoms with Crippen LogP contribution < -0.4 is 0 Å². The number of hydrogen-bond donors (Lipinski definition) is 2. The molecule has 0 saturated heterocycles. The molecule has 0 atom stereocenters. The number of rotatable bonds is 3. The standard InChI is InChI=1S/C11H10N2O2S/c14-10(15)7-8-2-1-3-9(6-8)13-5-4-12-11(13)16/h1-6H,7H2,(H,12,16)(H,14,15). The molecule has 0 saturated carbocycles. The highest BCUT2D eigenvalue weighted by Gasteiger charge is 2.02. The van der Waals surface area contributed by atoms with Gasteiger partial charge in [-0.3, -0.25) is 9.36 Å². The molecule has 0 aliphatic rings. The molecule has 1 aromatic heterocycles. The number of carbonyl (C=O) groups is 1. The molecule has 16 heavy (non-hydrogen) atoms. The molecule has 5 heteroatoms. The summed E-state index contributed by atoms with van der Waals surface area (Å²) in [5, 5.41) is 8.71. The van der Waals surface area contributed by atoms with Crippen LogP contribution >= 0.6 is 12.2 Å². The van der Waals surface area contributed by atoms with Crippen LogP contribution in [0.2, 0.25) is 0 Å². The molecule has 0 aliphatic heterocycles. The Labute approximate surface area is 97.2 Å². The molecule has 0 spiro atoms. The fourth-order valence-electron chi connectivity index (χ4n) is 1.51. The van der Waals surface area contributed by atoms with E-state index in [4.69, 9.17) is 17.3 Å². The minimum atomic E-state index is -0.838. The van der Waals surface area contributed by atoms with Crippen molar-refractivity contribution in [3.8, 4) is 5.69 Å². The molecule has 0 unspecified atom stereocenters. The summed E-state index contributed by atoms with van der Waals surface area (Å²) in [7, 11) is 0. The van der Waals surface area contributed by atoms with E-state index in [1.54, 1.807) is 16.8 Å². The molecule has 1 heterocycles. The van der Waals surface area contributed by atoms with E-state index < -0.39 is 5.97 Å². The second-order valence-electron chi connectivity index (χ2n) is 3.38. The van der Waals surface area contributed by atoms with Crippen LogP contribution in [0.25, 0.3) is 5.69 Å². The van der Waals surface area contributed by atoms with E-state index in [2.05, 4.69) is 4.98 Å². The van der Waals surface area contributed by atoms with E-state index in [0.717, 1.165) is 11.3 Å². The first-order chi connectivity index (χ1) is 7.66. The Morgan fingerprint density at radius 2 is 2.31 bits per heavy atom. The summed E-state index contributed by atoms with van der Waals surface area (Å²) in [6.45, 7) is 0. The Bertz CT molecular complexity index is 571. The maximum absolute atomic E-state index is 10.6. The van der Waals surface area contributed by atoms with Crippen LogP contribution in [0.4, 0.5) is 0 Å². The van der Waals surface area contributed by atoms with Crippen LogP contribution in [0.1, 0.15) is 5.56 Å². The SMILES string of the molecule is O=C(O)Cc1cccc(-n2cc[nH]c2=S)c1. The number of imidazole rings is 1. The van der Waals surface area contributed by atoms with Gasteiger partial charge >= 0.3 is 5.97 Å². The monoisotopic (exact) mass is 234 g/mol. The maximum atomic E-state index is 10.6. The van der Waals surface area contributed by atoms with Crippen molar-refractivity contribution in [1.82, 2.24) is 9.55 Å². The van der Waals surface area contributed by atoms with Crippen LogP contribution in [-0.2, 0) is 11.2 Å². The second kappa shape index (κ2) is 4.32. The van der Waals surface area contributed by atoms with E-state index >= 15 is 0 Å². The number of H-pyrrole nitrogens is 1. The van der Waals surface area contributed by atoms with Crippen molar-refractivity contribution in [3.05, 3.63) is 47.0 Å². The molecule has 0 radical (unpaired) electrons. The van der Waals surface area contributed by atoms with Crippen LogP contribution in [0.3, 0.4) is 0 Å². The zero-order chi connectivity index (χ0) is 11.5. The Balaban J connectivity index is 2.40. The molecular weight excluding hydrogens is 224 g/mol. The summed E-state index contributed by atoms with van der Waals surface area (Å²) in [6, 6.07) is 7.31. The highest BCUT2D eigenvalue weighted by Crippen LogP contribution is 2.11. The Kier molecular flexibility index (Phi) is 2.87. The van der Waals surface area contributed by atoms with Gasteiger partial charge in [0.1, 0.15) is 0 Å². The van der Waals surface area contributed by atoms with E-state index in [1.807, 2.05) is 24.4 Å². The van der Waals surface area contributed by atoms with E-state index in [-0.39, 0.29) is 6.42 Å². The highest BCUT2D eigenvalue weighted by atomic mass is 32.1. The first kappa shape index (κ1) is 10.6. The Morgan fingerprint density at radius 3 is 2.94 bits per heavy atom. The summed E-state index contributed by atoms with van der Waals surface area (Å²) in [6.07, 6.45) is 3.57. The number of nitrogens with zero attached hydrogens (tertiary/aromatic N) is 1. The van der Waals surface area contributed by atoms with Crippen LogP contribution in [0.15, 0.2) is 36.7 Å². The zero-order valence-corrected chi connectivity index (χ0v) is 9.20. The zero-order valence-electron chi connectivity index (χ0n) is 8.38. The number of aliphatic carboxylic acids is 1. The summed E-state index contributed by atoms with van der Waals surface area (Å²) in [4.78, 5) is 13.5. The van der Waals surface area contributed by atoms with Gasteiger partial charge in [-0.05, 0) is 29.9 Å². The number of nitrogens with one attached hydrogen (secondary N) is 1. The van der Waals surface area contributed by atoms with Gasteiger partial charge in [0.05, 0.1) is 6.42 Å². The van der Waals surface area contributed by atoms with Crippen molar-refractivity contribution in [1.29, 1.82) is 0 Å². The lowest BCUT2D eigenvalue weighted by Crippen LogP contribution is -2.01. The molecule has 0 bridgehead atoms. The number of carboxylic acids is 1. The largest absolute Gasteiger partial charge is 0.481 e. The molecule has 2 N–H and O–H groups in total. The fourth-order valence-corrected chi connectivity index (χ4v) is 1.75. The summed E-state index contributed by atoms with van der Waals surface area (Å²) in [5.74, 6) is -0.838. The Hall–Kier alpha value is -1.88. The minimum absolute atomic E-state index is 0.0194. The number of carboxylic acid groups (broad SMARTS) is 1. The van der Waals surface area contributed by atoms with Crippen LogP contribution in [0, 0.1) is 4.77 Å². The topological polar surface area (TPSA) is 58.0 Å². The lowest BCUT2D eigenvalue weighted by molar-refractivity contribution is -0.136. The molecule has 82 valence electrons. The van der Waals surface area contributed by atoms with E-state index in [0.29, 0.717) is 4.77 Å². The van der Waals surface area contributed by atoms with Gasteiger partial charge in [0.25, 0.3) is 0 Å².